The van der Waals surface area contributed by atoms with Crippen molar-refractivity contribution >= 4 is 17.9 Å². The van der Waals surface area contributed by atoms with Crippen molar-refractivity contribution in [1.82, 2.24) is 0 Å². The number of ether oxygens (including phenoxy) is 2. The number of carboxylic acids is 1. The van der Waals surface area contributed by atoms with Gasteiger partial charge in [-0.1, -0.05) is 0 Å². The molecule has 3 aromatic carbocycles. The molecule has 0 saturated heterocycles. The van der Waals surface area contributed by atoms with E-state index in [1.54, 1.807) is 36.4 Å². The van der Waals surface area contributed by atoms with Crippen molar-refractivity contribution in [1.29, 1.82) is 0 Å². The maximum absolute atomic E-state index is 12.5. The molecular formula is C21H14O7. The molecule has 0 aromatic heterocycles. The van der Waals surface area contributed by atoms with Crippen LogP contribution in [0.15, 0.2) is 72.8 Å². The summed E-state index contributed by atoms with van der Waals surface area (Å²) in [5.74, 6) is -0.166. The van der Waals surface area contributed by atoms with E-state index in [1.807, 2.05) is 0 Å². The van der Waals surface area contributed by atoms with E-state index in [0.717, 1.165) is 0 Å². The molecule has 0 atom stereocenters. The van der Waals surface area contributed by atoms with E-state index in [2.05, 4.69) is 4.74 Å². The fraction of sp³-hybridized carbons (Fsp3) is 0. The Morgan fingerprint density at radius 1 is 0.571 bits per heavy atom. The van der Waals surface area contributed by atoms with E-state index < -0.39 is 12.1 Å². The second kappa shape index (κ2) is 8.05. The van der Waals surface area contributed by atoms with E-state index >= 15 is 0 Å². The highest BCUT2D eigenvalue weighted by atomic mass is 16.7. The maximum atomic E-state index is 12.5. The Bertz CT molecular complexity index is 1000. The Balaban J connectivity index is 1.68. The minimum Gasteiger partial charge on any atom is -0.478 e. The highest BCUT2D eigenvalue weighted by molar-refractivity contribution is 6.09. The zero-order valence-electron chi connectivity index (χ0n) is 14.4. The second-order valence-electron chi connectivity index (χ2n) is 5.68. The van der Waals surface area contributed by atoms with Crippen LogP contribution in [-0.2, 0) is 0 Å². The second-order valence-corrected chi connectivity index (χ2v) is 5.68. The first-order valence-electron chi connectivity index (χ1n) is 8.09. The van der Waals surface area contributed by atoms with Crippen LogP contribution in [-0.4, -0.2) is 28.1 Å². The standard InChI is InChI=1S/C21H14O7/c22-19(14-3-9-18(10-4-14)28-21(25)26)13-1-7-16(8-2-13)27-17-11-5-15(6-12-17)20(23)24/h1-12H,(H,23,24)(H,25,26). The van der Waals surface area contributed by atoms with Crippen LogP contribution in [0.25, 0.3) is 0 Å². The first kappa shape index (κ1) is 18.7. The molecule has 0 aliphatic heterocycles. The van der Waals surface area contributed by atoms with Crippen LogP contribution in [0.1, 0.15) is 26.3 Å². The van der Waals surface area contributed by atoms with Gasteiger partial charge in [0.25, 0.3) is 0 Å². The third-order valence-electron chi connectivity index (χ3n) is 3.78. The molecule has 7 heteroatoms. The van der Waals surface area contributed by atoms with Crippen molar-refractivity contribution in [3.63, 3.8) is 0 Å². The largest absolute Gasteiger partial charge is 0.511 e. The molecule has 0 bridgehead atoms. The van der Waals surface area contributed by atoms with Gasteiger partial charge in [-0.15, -0.1) is 0 Å². The monoisotopic (exact) mass is 378 g/mol. The van der Waals surface area contributed by atoms with Crippen LogP contribution >= 0.6 is 0 Å². The number of aromatic carboxylic acids is 1. The van der Waals surface area contributed by atoms with Gasteiger partial charge in [-0.2, -0.15) is 0 Å². The van der Waals surface area contributed by atoms with Crippen LogP contribution in [0.4, 0.5) is 4.79 Å². The molecule has 3 rings (SSSR count). The smallest absolute Gasteiger partial charge is 0.478 e. The quantitative estimate of drug-likeness (QED) is 0.370. The number of carbonyl (C=O) groups is 3. The Hall–Kier alpha value is -4.13. The van der Waals surface area contributed by atoms with Gasteiger partial charge in [0.1, 0.15) is 17.2 Å². The first-order valence-corrected chi connectivity index (χ1v) is 8.09. The van der Waals surface area contributed by atoms with Gasteiger partial charge < -0.3 is 19.7 Å². The van der Waals surface area contributed by atoms with Crippen LogP contribution in [0.2, 0.25) is 0 Å². The highest BCUT2D eigenvalue weighted by Crippen LogP contribution is 2.23. The minimum atomic E-state index is -1.42. The zero-order valence-corrected chi connectivity index (χ0v) is 14.4. The normalized spacial score (nSPS) is 10.1. The maximum Gasteiger partial charge on any atom is 0.511 e. The molecule has 140 valence electrons. The number of hydrogen-bond donors (Lipinski definition) is 2. The summed E-state index contributed by atoms with van der Waals surface area (Å²) in [7, 11) is 0. The topological polar surface area (TPSA) is 110 Å². The van der Waals surface area contributed by atoms with Crippen LogP contribution in [0.5, 0.6) is 17.2 Å². The van der Waals surface area contributed by atoms with E-state index in [-0.39, 0.29) is 17.1 Å². The van der Waals surface area contributed by atoms with Gasteiger partial charge in [-0.3, -0.25) is 4.79 Å². The molecule has 0 aliphatic carbocycles. The first-order chi connectivity index (χ1) is 13.4. The van der Waals surface area contributed by atoms with Crippen molar-refractivity contribution in [3.8, 4) is 17.2 Å². The van der Waals surface area contributed by atoms with E-state index in [9.17, 15) is 14.4 Å². The summed E-state index contributed by atoms with van der Waals surface area (Å²) in [6.07, 6.45) is -1.42. The lowest BCUT2D eigenvalue weighted by Crippen LogP contribution is -2.04. The van der Waals surface area contributed by atoms with Gasteiger partial charge in [0.05, 0.1) is 5.56 Å². The molecule has 0 fully saturated rings. The Labute approximate surface area is 159 Å². The Morgan fingerprint density at radius 2 is 0.964 bits per heavy atom. The molecule has 2 N–H and O–H groups in total. The van der Waals surface area contributed by atoms with Crippen LogP contribution < -0.4 is 9.47 Å². The molecule has 0 heterocycles. The number of carbonyl (C=O) groups excluding carboxylic acids is 1. The molecule has 0 aliphatic rings. The van der Waals surface area contributed by atoms with Crippen molar-refractivity contribution in [2.45, 2.75) is 0 Å². The summed E-state index contributed by atoms with van der Waals surface area (Å²) in [5, 5.41) is 17.5. The lowest BCUT2D eigenvalue weighted by Gasteiger charge is -2.07. The third kappa shape index (κ3) is 4.53. The predicted octanol–water partition coefficient (Wildman–Crippen LogP) is 4.46. The highest BCUT2D eigenvalue weighted by Gasteiger charge is 2.11. The summed E-state index contributed by atoms with van der Waals surface area (Å²) >= 11 is 0. The number of benzene rings is 3. The zero-order chi connectivity index (χ0) is 20.1. The van der Waals surface area contributed by atoms with Crippen LogP contribution in [0.3, 0.4) is 0 Å². The van der Waals surface area contributed by atoms with Crippen LogP contribution in [0, 0.1) is 0 Å². The van der Waals surface area contributed by atoms with Gasteiger partial charge in [0, 0.05) is 11.1 Å². The molecule has 0 amide bonds. The molecule has 0 unspecified atom stereocenters. The lowest BCUT2D eigenvalue weighted by atomic mass is 10.0. The predicted molar refractivity (Wildman–Crippen MR) is 98.4 cm³/mol. The number of hydrogen-bond acceptors (Lipinski definition) is 5. The molecular weight excluding hydrogens is 364 g/mol. The molecule has 0 radical (unpaired) electrons. The Morgan fingerprint density at radius 3 is 1.36 bits per heavy atom. The minimum absolute atomic E-state index is 0.127. The van der Waals surface area contributed by atoms with Gasteiger partial charge in [-0.25, -0.2) is 9.59 Å². The van der Waals surface area contributed by atoms with Crippen molar-refractivity contribution in [2.24, 2.45) is 0 Å². The average Bonchev–Trinajstić information content (AvgIpc) is 2.68. The fourth-order valence-corrected chi connectivity index (χ4v) is 2.42. The summed E-state index contributed by atoms with van der Waals surface area (Å²) in [5.41, 5.74) is 0.976. The summed E-state index contributed by atoms with van der Waals surface area (Å²) in [6, 6.07) is 18.2. The molecule has 0 saturated carbocycles. The van der Waals surface area contributed by atoms with E-state index in [0.29, 0.717) is 22.6 Å². The molecule has 28 heavy (non-hydrogen) atoms. The average molecular weight is 378 g/mol. The van der Waals surface area contributed by atoms with Crippen molar-refractivity contribution in [2.75, 3.05) is 0 Å². The summed E-state index contributed by atoms with van der Waals surface area (Å²) in [4.78, 5) is 33.8. The van der Waals surface area contributed by atoms with Crippen molar-refractivity contribution in [3.05, 3.63) is 89.5 Å². The van der Waals surface area contributed by atoms with Gasteiger partial charge >= 0.3 is 12.1 Å². The third-order valence-corrected chi connectivity index (χ3v) is 3.78. The summed E-state index contributed by atoms with van der Waals surface area (Å²) in [6.45, 7) is 0. The van der Waals surface area contributed by atoms with Crippen molar-refractivity contribution < 1.29 is 34.1 Å². The molecule has 7 nitrogen and oxygen atoms in total. The lowest BCUT2D eigenvalue weighted by molar-refractivity contribution is 0.0696. The fourth-order valence-electron chi connectivity index (χ4n) is 2.42. The van der Waals surface area contributed by atoms with Gasteiger partial charge in [0.15, 0.2) is 5.78 Å². The van der Waals surface area contributed by atoms with E-state index in [1.165, 1.54) is 36.4 Å². The number of rotatable bonds is 6. The van der Waals surface area contributed by atoms with E-state index in [4.69, 9.17) is 14.9 Å². The molecule has 0 spiro atoms. The number of carboxylic acid groups (broad SMARTS) is 2. The SMILES string of the molecule is O=C(O)Oc1ccc(C(=O)c2ccc(Oc3ccc(C(=O)O)cc3)cc2)cc1. The summed E-state index contributed by atoms with van der Waals surface area (Å²) < 4.78 is 10.1. The van der Waals surface area contributed by atoms with Gasteiger partial charge in [-0.05, 0) is 72.8 Å². The number of ketones is 1. The van der Waals surface area contributed by atoms with Gasteiger partial charge in [0.2, 0.25) is 0 Å². The molecule has 3 aromatic rings. The Kier molecular flexibility index (Phi) is 5.36.